The van der Waals surface area contributed by atoms with E-state index in [1.165, 1.54) is 6.92 Å². The minimum atomic E-state index is -3.42. The van der Waals surface area contributed by atoms with Gasteiger partial charge in [-0.1, -0.05) is 4.47 Å². The highest BCUT2D eigenvalue weighted by atomic mass is 32.2. The van der Waals surface area contributed by atoms with Gasteiger partial charge in [-0.25, -0.2) is 8.42 Å². The first-order valence-electron chi connectivity index (χ1n) is 2.53. The van der Waals surface area contributed by atoms with Crippen LogP contribution >= 0.6 is 0 Å². The number of hydrogen-bond acceptors (Lipinski definition) is 3. The summed E-state index contributed by atoms with van der Waals surface area (Å²) in [7, 11) is -3.42. The molecule has 0 aromatic heterocycles. The lowest BCUT2D eigenvalue weighted by Gasteiger charge is -2.09. The van der Waals surface area contributed by atoms with Crippen LogP contribution in [-0.4, -0.2) is 30.4 Å². The van der Waals surface area contributed by atoms with Crippen LogP contribution in [0.25, 0.3) is 0 Å². The molecule has 0 aromatic rings. The fourth-order valence-electron chi connectivity index (χ4n) is 0.288. The van der Waals surface area contributed by atoms with Gasteiger partial charge in [0.25, 0.3) is 0 Å². The van der Waals surface area contributed by atoms with Crippen molar-refractivity contribution in [3.63, 3.8) is 0 Å². The van der Waals surface area contributed by atoms with Crippen molar-refractivity contribution >= 4 is 10.0 Å². The zero-order valence-electron chi connectivity index (χ0n) is 5.24. The van der Waals surface area contributed by atoms with Crippen LogP contribution in [0.15, 0.2) is 0 Å². The third-order valence-electron chi connectivity index (χ3n) is 0.877. The van der Waals surface area contributed by atoms with Crippen molar-refractivity contribution in [2.24, 2.45) is 0 Å². The Morgan fingerprint density at radius 1 is 1.67 bits per heavy atom. The molecule has 0 bridgehead atoms. The minimum absolute atomic E-state index is 0.0982. The van der Waals surface area contributed by atoms with Crippen LogP contribution in [0.2, 0.25) is 0 Å². The lowest BCUT2D eigenvalue weighted by molar-refractivity contribution is 0.0145. The summed E-state index contributed by atoms with van der Waals surface area (Å²) >= 11 is 0. The average Bonchev–Trinajstić information content (AvgIpc) is 1.86. The van der Waals surface area contributed by atoms with Crippen LogP contribution in [0.1, 0.15) is 6.92 Å². The molecule has 0 aliphatic carbocycles. The third kappa shape index (κ3) is 2.30. The highest BCUT2D eigenvalue weighted by Gasteiger charge is 2.13. The standard InChI is InChI=1S/C4H10NO3S/c1-3-5(6)9(7,8)4-2/h6H,1,3-4H2,2H3. The van der Waals surface area contributed by atoms with Crippen molar-refractivity contribution in [1.82, 2.24) is 4.47 Å². The van der Waals surface area contributed by atoms with Gasteiger partial charge in [0.15, 0.2) is 0 Å². The number of sulfonamides is 1. The number of hydroxylamine groups is 1. The summed E-state index contributed by atoms with van der Waals surface area (Å²) in [6.45, 7) is 4.51. The van der Waals surface area contributed by atoms with E-state index in [2.05, 4.69) is 6.92 Å². The molecule has 0 amide bonds. The fourth-order valence-corrected chi connectivity index (χ4v) is 0.864. The molecule has 55 valence electrons. The molecule has 0 saturated heterocycles. The summed E-state index contributed by atoms with van der Waals surface area (Å²) in [5.41, 5.74) is 0. The molecule has 0 atom stereocenters. The number of nitrogens with zero attached hydrogens (tertiary/aromatic N) is 1. The normalized spacial score (nSPS) is 12.4. The molecule has 0 fully saturated rings. The number of hydrogen-bond donors (Lipinski definition) is 1. The largest absolute Gasteiger partial charge is 0.299 e. The molecule has 5 heteroatoms. The topological polar surface area (TPSA) is 57.6 Å². The predicted octanol–water partition coefficient (Wildman–Crippen LogP) is -0.139. The van der Waals surface area contributed by atoms with Crippen molar-refractivity contribution in [1.29, 1.82) is 0 Å². The first-order valence-corrected chi connectivity index (χ1v) is 4.14. The number of rotatable bonds is 3. The minimum Gasteiger partial charge on any atom is -0.299 e. The lowest BCUT2D eigenvalue weighted by atomic mass is 10.8. The molecule has 1 N–H and O–H groups in total. The Morgan fingerprint density at radius 2 is 2.11 bits per heavy atom. The molecule has 0 aromatic carbocycles. The summed E-state index contributed by atoms with van der Waals surface area (Å²) in [5.74, 6) is -0.0982. The van der Waals surface area contributed by atoms with E-state index in [-0.39, 0.29) is 16.8 Å². The molecule has 1 radical (unpaired) electrons. The second kappa shape index (κ2) is 3.14. The van der Waals surface area contributed by atoms with Crippen LogP contribution < -0.4 is 0 Å². The monoisotopic (exact) mass is 152 g/mol. The molecular weight excluding hydrogens is 142 g/mol. The van der Waals surface area contributed by atoms with Crippen molar-refractivity contribution in [2.75, 3.05) is 12.3 Å². The summed E-state index contributed by atoms with van der Waals surface area (Å²) in [5, 5.41) is 8.57. The van der Waals surface area contributed by atoms with E-state index < -0.39 is 10.0 Å². The fraction of sp³-hybridized carbons (Fsp3) is 0.750. The molecule has 4 nitrogen and oxygen atoms in total. The van der Waals surface area contributed by atoms with Crippen LogP contribution in [0.5, 0.6) is 0 Å². The van der Waals surface area contributed by atoms with Crippen LogP contribution in [-0.2, 0) is 10.0 Å². The van der Waals surface area contributed by atoms with Gasteiger partial charge in [0, 0.05) is 6.54 Å². The van der Waals surface area contributed by atoms with E-state index in [9.17, 15) is 8.42 Å². The Balaban J connectivity index is 4.17. The average molecular weight is 152 g/mol. The van der Waals surface area contributed by atoms with Gasteiger partial charge in [0.2, 0.25) is 10.0 Å². The van der Waals surface area contributed by atoms with E-state index >= 15 is 0 Å². The Morgan fingerprint density at radius 3 is 2.22 bits per heavy atom. The summed E-state index contributed by atoms with van der Waals surface area (Å²) in [6.07, 6.45) is 0. The molecule has 0 unspecified atom stereocenters. The summed E-state index contributed by atoms with van der Waals surface area (Å²) in [6, 6.07) is 0. The molecular formula is C4H10NO3S. The molecule has 9 heavy (non-hydrogen) atoms. The highest BCUT2D eigenvalue weighted by Crippen LogP contribution is 1.93. The van der Waals surface area contributed by atoms with Crippen LogP contribution in [0.3, 0.4) is 0 Å². The lowest BCUT2D eigenvalue weighted by Crippen LogP contribution is -2.28. The third-order valence-corrected chi connectivity index (χ3v) is 2.43. The molecule has 0 rings (SSSR count). The SMILES string of the molecule is [CH2]CN(O)S(=O)(=O)CC. The Bertz CT molecular complexity index is 163. The molecule has 0 saturated carbocycles. The van der Waals surface area contributed by atoms with Crippen molar-refractivity contribution in [2.45, 2.75) is 6.92 Å². The molecule has 0 aliphatic rings. The van der Waals surface area contributed by atoms with Gasteiger partial charge in [-0.3, -0.25) is 5.21 Å². The van der Waals surface area contributed by atoms with Gasteiger partial charge in [-0.05, 0) is 13.8 Å². The predicted molar refractivity (Wildman–Crippen MR) is 33.3 cm³/mol. The quantitative estimate of drug-likeness (QED) is 0.573. The van der Waals surface area contributed by atoms with Crippen molar-refractivity contribution in [3.8, 4) is 0 Å². The van der Waals surface area contributed by atoms with E-state index in [1.54, 1.807) is 0 Å². The van der Waals surface area contributed by atoms with Gasteiger partial charge in [0.05, 0.1) is 5.75 Å². The Labute approximate surface area is 55.1 Å². The second-order valence-corrected chi connectivity index (χ2v) is 3.61. The first kappa shape index (κ1) is 8.87. The maximum absolute atomic E-state index is 10.6. The van der Waals surface area contributed by atoms with Crippen molar-refractivity contribution in [3.05, 3.63) is 6.92 Å². The smallest absolute Gasteiger partial charge is 0.235 e. The molecule has 0 aliphatic heterocycles. The van der Waals surface area contributed by atoms with Crippen molar-refractivity contribution < 1.29 is 13.6 Å². The zero-order valence-corrected chi connectivity index (χ0v) is 6.06. The van der Waals surface area contributed by atoms with Gasteiger partial charge in [-0.2, -0.15) is 0 Å². The summed E-state index contributed by atoms with van der Waals surface area (Å²) in [4.78, 5) is 0. The Hall–Kier alpha value is -0.130. The van der Waals surface area contributed by atoms with E-state index in [4.69, 9.17) is 5.21 Å². The van der Waals surface area contributed by atoms with Gasteiger partial charge in [-0.15, -0.1) is 0 Å². The summed E-state index contributed by atoms with van der Waals surface area (Å²) < 4.78 is 21.4. The van der Waals surface area contributed by atoms with E-state index in [0.29, 0.717) is 0 Å². The van der Waals surface area contributed by atoms with E-state index in [0.717, 1.165) is 0 Å². The maximum atomic E-state index is 10.6. The highest BCUT2D eigenvalue weighted by molar-refractivity contribution is 7.88. The van der Waals surface area contributed by atoms with Gasteiger partial charge < -0.3 is 0 Å². The van der Waals surface area contributed by atoms with Gasteiger partial charge in [0.1, 0.15) is 0 Å². The molecule has 0 heterocycles. The first-order chi connectivity index (χ1) is 4.04. The zero-order chi connectivity index (χ0) is 7.49. The second-order valence-electron chi connectivity index (χ2n) is 1.45. The van der Waals surface area contributed by atoms with Crippen LogP contribution in [0, 0.1) is 6.92 Å². The van der Waals surface area contributed by atoms with E-state index in [1.807, 2.05) is 0 Å². The van der Waals surface area contributed by atoms with Crippen LogP contribution in [0.4, 0.5) is 0 Å². The Kier molecular flexibility index (Phi) is 3.10. The molecule has 0 spiro atoms. The van der Waals surface area contributed by atoms with Gasteiger partial charge >= 0.3 is 0 Å². The maximum Gasteiger partial charge on any atom is 0.235 e.